The van der Waals surface area contributed by atoms with Crippen molar-refractivity contribution in [2.24, 2.45) is 0 Å². The maximum absolute atomic E-state index is 11.6. The molecule has 1 unspecified atom stereocenters. The number of hydrogen-bond donors (Lipinski definition) is 3. The molecule has 1 aliphatic heterocycles. The van der Waals surface area contributed by atoms with Gasteiger partial charge in [0.05, 0.1) is 6.61 Å². The Morgan fingerprint density at radius 3 is 2.56 bits per heavy atom. The van der Waals surface area contributed by atoms with Crippen LogP contribution in [0, 0.1) is 0 Å². The summed E-state index contributed by atoms with van der Waals surface area (Å²) in [5, 5.41) is 19.7. The number of H-pyrrole nitrogens is 1. The largest absolute Gasteiger partial charge is 0.755 e. The third-order valence-corrected chi connectivity index (χ3v) is 4.97. The van der Waals surface area contributed by atoms with Crippen LogP contribution < -0.4 is 16.1 Å². The Hall–Kier alpha value is -1.42. The molecule has 0 aromatic carbocycles. The molecule has 0 aliphatic carbocycles. The summed E-state index contributed by atoms with van der Waals surface area (Å²) in [5.74, 6) is 0. The molecular formula is C9H11N2O12PS-2. The lowest BCUT2D eigenvalue weighted by Gasteiger charge is -2.25. The second-order valence-electron chi connectivity index (χ2n) is 4.79. The fourth-order valence-electron chi connectivity index (χ4n) is 2.02. The number of hydrogen-bond acceptors (Lipinski definition) is 12. The highest BCUT2D eigenvalue weighted by atomic mass is 32.3. The molecule has 0 radical (unpaired) electrons. The molecule has 25 heavy (non-hydrogen) atoms. The Morgan fingerprint density at radius 1 is 1.36 bits per heavy atom. The van der Waals surface area contributed by atoms with E-state index in [0.717, 1.165) is 16.8 Å². The van der Waals surface area contributed by atoms with Gasteiger partial charge in [-0.1, -0.05) is 0 Å². The highest BCUT2D eigenvalue weighted by Crippen LogP contribution is 2.41. The molecule has 14 nitrogen and oxygen atoms in total. The average molecular weight is 402 g/mol. The molecule has 142 valence electrons. The van der Waals surface area contributed by atoms with Gasteiger partial charge in [-0.15, -0.1) is 0 Å². The Kier molecular flexibility index (Phi) is 5.62. The number of nitrogens with one attached hydrogen (secondary N) is 1. The van der Waals surface area contributed by atoms with Gasteiger partial charge in [-0.2, -0.15) is 0 Å². The summed E-state index contributed by atoms with van der Waals surface area (Å²) in [7, 11) is -11.2. The lowest BCUT2D eigenvalue weighted by molar-refractivity contribution is -0.220. The molecule has 5 atom stereocenters. The zero-order valence-corrected chi connectivity index (χ0v) is 13.7. The molecule has 1 saturated heterocycles. The smallest absolute Gasteiger partial charge is 0.330 e. The predicted molar refractivity (Wildman–Crippen MR) is 71.6 cm³/mol. The number of aromatic amines is 1. The first kappa shape index (κ1) is 19.9. The number of phosphoric acid groups is 1. The van der Waals surface area contributed by atoms with E-state index < -0.39 is 60.6 Å². The van der Waals surface area contributed by atoms with Crippen LogP contribution in [0.15, 0.2) is 21.9 Å². The van der Waals surface area contributed by atoms with Crippen molar-refractivity contribution in [3.05, 3.63) is 33.1 Å². The Bertz CT molecular complexity index is 892. The van der Waals surface area contributed by atoms with E-state index in [9.17, 15) is 42.2 Å². The molecule has 0 spiro atoms. The van der Waals surface area contributed by atoms with E-state index in [1.165, 1.54) is 0 Å². The van der Waals surface area contributed by atoms with Gasteiger partial charge >= 0.3 is 5.69 Å². The molecule has 2 rings (SSSR count). The number of aromatic nitrogens is 2. The summed E-state index contributed by atoms with van der Waals surface area (Å²) >= 11 is 0. The van der Waals surface area contributed by atoms with Gasteiger partial charge in [-0.3, -0.25) is 18.9 Å². The third kappa shape index (κ3) is 5.04. The van der Waals surface area contributed by atoms with Crippen LogP contribution in [0.1, 0.15) is 6.23 Å². The van der Waals surface area contributed by atoms with E-state index in [1.54, 1.807) is 0 Å². The molecule has 1 aromatic rings. The maximum Gasteiger partial charge on any atom is 0.330 e. The number of aliphatic hydroxyl groups is 2. The van der Waals surface area contributed by atoms with Crippen molar-refractivity contribution < 1.29 is 45.9 Å². The second-order valence-corrected chi connectivity index (χ2v) is 7.35. The minimum absolute atomic E-state index is 0.725. The van der Waals surface area contributed by atoms with Crippen LogP contribution in [0.2, 0.25) is 0 Å². The first-order valence-electron chi connectivity index (χ1n) is 6.35. The lowest BCUT2D eigenvalue weighted by atomic mass is 10.1. The van der Waals surface area contributed by atoms with Crippen molar-refractivity contribution in [2.45, 2.75) is 24.5 Å². The SMILES string of the molecule is O=c1ccn([C@@H]2O[C@H](COP(=O)([O-])OS(=O)(=O)[O-])[C@@H](O)[C@H]2O)c(=O)[nH]1. The van der Waals surface area contributed by atoms with Crippen LogP contribution in [-0.2, 0) is 28.2 Å². The molecule has 1 fully saturated rings. The van der Waals surface area contributed by atoms with Gasteiger partial charge < -0.3 is 28.9 Å². The summed E-state index contributed by atoms with van der Waals surface area (Å²) < 4.78 is 55.0. The minimum atomic E-state index is -5.60. The minimum Gasteiger partial charge on any atom is -0.755 e. The molecule has 16 heteroatoms. The molecule has 3 N–H and O–H groups in total. The van der Waals surface area contributed by atoms with Crippen molar-refractivity contribution >= 4 is 18.2 Å². The summed E-state index contributed by atoms with van der Waals surface area (Å²) in [6, 6.07) is 0.937. The molecule has 0 saturated carbocycles. The fourth-order valence-corrected chi connectivity index (χ4v) is 3.42. The summed E-state index contributed by atoms with van der Waals surface area (Å²) in [4.78, 5) is 35.7. The van der Waals surface area contributed by atoms with Crippen LogP contribution >= 0.6 is 7.82 Å². The summed E-state index contributed by atoms with van der Waals surface area (Å²) in [6.45, 7) is -1.02. The van der Waals surface area contributed by atoms with Crippen molar-refractivity contribution in [3.63, 3.8) is 0 Å². The highest BCUT2D eigenvalue weighted by molar-refractivity contribution is 7.85. The topological polar surface area (TPSA) is 220 Å². The highest BCUT2D eigenvalue weighted by Gasteiger charge is 2.44. The number of nitrogens with zero attached hydrogens (tertiary/aromatic N) is 1. The van der Waals surface area contributed by atoms with Crippen molar-refractivity contribution in [3.8, 4) is 0 Å². The molecular weight excluding hydrogens is 391 g/mol. The normalized spacial score (nSPS) is 29.4. The van der Waals surface area contributed by atoms with E-state index in [2.05, 4.69) is 8.49 Å². The first-order chi connectivity index (χ1) is 11.4. The zero-order chi connectivity index (χ0) is 19.0. The Balaban J connectivity index is 2.11. The molecule has 1 aliphatic rings. The van der Waals surface area contributed by atoms with Gasteiger partial charge in [-0.25, -0.2) is 17.2 Å². The standard InChI is InChI=1S/C9H13N2O12PS/c12-5-1-2-11(9(15)10-5)8-7(14)6(13)4(22-8)3-21-24(16,17)23-25(18,19)20/h1-2,4,6-8,13-14H,3H2,(H,16,17)(H,10,12,15)(H,18,19,20)/p-2/t4-,6-,7-,8-/m1/s1. The fraction of sp³-hybridized carbons (Fsp3) is 0.556. The Labute approximate surface area is 138 Å². The van der Waals surface area contributed by atoms with Gasteiger partial charge in [0, 0.05) is 12.3 Å². The first-order valence-corrected chi connectivity index (χ1v) is 9.15. The quantitative estimate of drug-likeness (QED) is 0.236. The van der Waals surface area contributed by atoms with Crippen molar-refractivity contribution in [1.29, 1.82) is 0 Å². The van der Waals surface area contributed by atoms with E-state index >= 15 is 0 Å². The van der Waals surface area contributed by atoms with Gasteiger partial charge in [0.1, 0.15) is 18.3 Å². The van der Waals surface area contributed by atoms with Crippen LogP contribution in [0.5, 0.6) is 0 Å². The summed E-state index contributed by atoms with van der Waals surface area (Å²) in [6.07, 6.45) is -5.52. The van der Waals surface area contributed by atoms with Crippen molar-refractivity contribution in [1.82, 2.24) is 9.55 Å². The van der Waals surface area contributed by atoms with E-state index in [1.807, 2.05) is 4.98 Å². The molecule has 2 heterocycles. The number of phosphoric ester groups is 1. The maximum atomic E-state index is 11.6. The van der Waals surface area contributed by atoms with Crippen molar-refractivity contribution in [2.75, 3.05) is 6.61 Å². The summed E-state index contributed by atoms with van der Waals surface area (Å²) in [5.41, 5.74) is -1.70. The van der Waals surface area contributed by atoms with Crippen LogP contribution in [-0.4, -0.2) is 57.7 Å². The van der Waals surface area contributed by atoms with E-state index in [4.69, 9.17) is 4.74 Å². The third-order valence-electron chi connectivity index (χ3n) is 3.04. The van der Waals surface area contributed by atoms with Gasteiger partial charge in [0.25, 0.3) is 13.4 Å². The molecule has 1 aromatic heterocycles. The Morgan fingerprint density at radius 2 is 2.00 bits per heavy atom. The van der Waals surface area contributed by atoms with Gasteiger partial charge in [-0.05, 0) is 0 Å². The molecule has 0 bridgehead atoms. The lowest BCUT2D eigenvalue weighted by Crippen LogP contribution is -2.37. The van der Waals surface area contributed by atoms with Gasteiger partial charge in [0.15, 0.2) is 6.23 Å². The monoisotopic (exact) mass is 402 g/mol. The number of rotatable bonds is 6. The number of aliphatic hydroxyl groups excluding tert-OH is 2. The van der Waals surface area contributed by atoms with Crippen LogP contribution in [0.25, 0.3) is 0 Å². The zero-order valence-electron chi connectivity index (χ0n) is 12.0. The van der Waals surface area contributed by atoms with Crippen LogP contribution in [0.4, 0.5) is 0 Å². The second kappa shape index (κ2) is 7.06. The molecule has 0 amide bonds. The van der Waals surface area contributed by atoms with E-state index in [-0.39, 0.29) is 0 Å². The predicted octanol–water partition coefficient (Wildman–Crippen LogP) is -3.88. The average Bonchev–Trinajstić information content (AvgIpc) is 2.71. The van der Waals surface area contributed by atoms with Crippen LogP contribution in [0.3, 0.4) is 0 Å². The van der Waals surface area contributed by atoms with E-state index in [0.29, 0.717) is 0 Å². The van der Waals surface area contributed by atoms with Gasteiger partial charge in [0.2, 0.25) is 10.4 Å². The number of ether oxygens (including phenoxy) is 1.